The molecule has 1 aromatic heterocycles. The molecule has 1 aromatic carbocycles. The van der Waals surface area contributed by atoms with E-state index in [1.807, 2.05) is 6.07 Å². The highest BCUT2D eigenvalue weighted by molar-refractivity contribution is 7.99. The maximum Gasteiger partial charge on any atom is 0.414 e. The van der Waals surface area contributed by atoms with Gasteiger partial charge >= 0.3 is 6.18 Å². The quantitative estimate of drug-likeness (QED) is 0.459. The minimum absolute atomic E-state index is 0.112. The maximum atomic E-state index is 14.0. The number of pyridine rings is 1. The fourth-order valence-electron chi connectivity index (χ4n) is 5.26. The third kappa shape index (κ3) is 5.74. The lowest BCUT2D eigenvalue weighted by atomic mass is 9.94. The molecule has 0 radical (unpaired) electrons. The summed E-state index contributed by atoms with van der Waals surface area (Å²) in [6, 6.07) is 5.04. The summed E-state index contributed by atoms with van der Waals surface area (Å²) in [6.07, 6.45) is -0.341. The number of fused-ring (bicyclic) bond motifs is 1. The number of carbonyl (C=O) groups is 1. The molecule has 1 amide bonds. The summed E-state index contributed by atoms with van der Waals surface area (Å²) in [5, 5.41) is 4.18. The number of anilines is 1. The number of thioether (sulfide) groups is 1. The van der Waals surface area contributed by atoms with Crippen molar-refractivity contribution in [2.75, 3.05) is 23.9 Å². The second kappa shape index (κ2) is 10.6. The van der Waals surface area contributed by atoms with Crippen LogP contribution in [0, 0.1) is 5.92 Å². The van der Waals surface area contributed by atoms with Gasteiger partial charge in [0.1, 0.15) is 0 Å². The second-order valence-corrected chi connectivity index (χ2v) is 11.4. The van der Waals surface area contributed by atoms with Crippen molar-refractivity contribution in [3.05, 3.63) is 57.9 Å². The van der Waals surface area contributed by atoms with Gasteiger partial charge in [0.2, 0.25) is 5.91 Å². The molecule has 2 heterocycles. The number of alkyl halides is 3. The largest absolute Gasteiger partial charge is 0.414 e. The number of hydrogen-bond donors (Lipinski definition) is 1. The average Bonchev–Trinajstić information content (AvgIpc) is 3.21. The van der Waals surface area contributed by atoms with Gasteiger partial charge in [-0.25, -0.2) is 0 Å². The van der Waals surface area contributed by atoms with Crippen molar-refractivity contribution in [2.24, 2.45) is 5.92 Å². The van der Waals surface area contributed by atoms with Crippen molar-refractivity contribution in [3.63, 3.8) is 0 Å². The first-order valence-corrected chi connectivity index (χ1v) is 13.5. The lowest BCUT2D eigenvalue weighted by Gasteiger charge is -2.33. The molecule has 35 heavy (non-hydrogen) atoms. The van der Waals surface area contributed by atoms with Gasteiger partial charge in [0, 0.05) is 24.0 Å². The fraction of sp³-hybridized carbons (Fsp3) is 0.538. The Morgan fingerprint density at radius 2 is 1.89 bits per heavy atom. The molecule has 1 unspecified atom stereocenters. The van der Waals surface area contributed by atoms with E-state index < -0.39 is 18.1 Å². The average molecular weight is 526 g/mol. The molecule has 1 aliphatic heterocycles. The van der Waals surface area contributed by atoms with Crippen LogP contribution in [0.25, 0.3) is 0 Å². The molecule has 4 nitrogen and oxygen atoms in total. The zero-order valence-electron chi connectivity index (χ0n) is 20.2. The monoisotopic (exact) mass is 525 g/mol. The van der Waals surface area contributed by atoms with Gasteiger partial charge in [0.05, 0.1) is 17.6 Å². The normalized spacial score (nSPS) is 19.5. The maximum absolute atomic E-state index is 14.0. The highest BCUT2D eigenvalue weighted by Crippen LogP contribution is 2.39. The van der Waals surface area contributed by atoms with Crippen LogP contribution in [0.3, 0.4) is 0 Å². The van der Waals surface area contributed by atoms with Crippen LogP contribution >= 0.6 is 23.4 Å². The summed E-state index contributed by atoms with van der Waals surface area (Å²) in [5.74, 6) is 1.09. The molecule has 0 spiro atoms. The number of nitrogens with one attached hydrogen (secondary N) is 1. The molecule has 0 saturated carbocycles. The number of carbonyl (C=O) groups excluding carboxylic acids is 1. The molecule has 2 aromatic rings. The molecule has 1 N–H and O–H groups in total. The molecule has 9 heteroatoms. The number of aromatic nitrogens is 1. The van der Waals surface area contributed by atoms with Gasteiger partial charge in [-0.15, -0.1) is 0 Å². The van der Waals surface area contributed by atoms with Crippen LogP contribution in [-0.2, 0) is 17.6 Å². The minimum Gasteiger partial charge on any atom is -0.380 e. The molecule has 2 aliphatic rings. The van der Waals surface area contributed by atoms with Gasteiger partial charge in [-0.2, -0.15) is 24.9 Å². The number of amides is 1. The van der Waals surface area contributed by atoms with Crippen molar-refractivity contribution in [1.82, 2.24) is 9.88 Å². The zero-order valence-corrected chi connectivity index (χ0v) is 21.7. The van der Waals surface area contributed by atoms with Crippen molar-refractivity contribution in [2.45, 2.75) is 63.7 Å². The third-order valence-corrected chi connectivity index (χ3v) is 8.33. The van der Waals surface area contributed by atoms with E-state index >= 15 is 0 Å². The standard InChI is InChI=1S/C26H31ClF3N3OS/c1-15(2)23-20-13-19(12-17(20)4-6-21(23)27)32-18-5-7-22(31-14-18)24(26(28,29)30)33(3)25(34)16-8-10-35-11-9-16/h4-7,14-16,19,24,32H,8-13H2,1-3H3/t19?,24-/m0/s1. The van der Waals surface area contributed by atoms with Crippen molar-refractivity contribution >= 4 is 35.0 Å². The van der Waals surface area contributed by atoms with Gasteiger partial charge < -0.3 is 10.2 Å². The van der Waals surface area contributed by atoms with E-state index in [9.17, 15) is 18.0 Å². The molecule has 1 aliphatic carbocycles. The molecule has 190 valence electrons. The predicted octanol–water partition coefficient (Wildman–Crippen LogP) is 6.64. The Morgan fingerprint density at radius 1 is 1.17 bits per heavy atom. The van der Waals surface area contributed by atoms with Crippen molar-refractivity contribution in [1.29, 1.82) is 0 Å². The molecular formula is C26H31ClF3N3OS. The smallest absolute Gasteiger partial charge is 0.380 e. The van der Waals surface area contributed by atoms with Gasteiger partial charge in [0.25, 0.3) is 0 Å². The third-order valence-electron chi connectivity index (χ3n) is 6.95. The van der Waals surface area contributed by atoms with E-state index in [-0.39, 0.29) is 17.7 Å². The zero-order chi connectivity index (χ0) is 25.3. The Morgan fingerprint density at radius 3 is 2.49 bits per heavy atom. The van der Waals surface area contributed by atoms with E-state index in [1.165, 1.54) is 36.0 Å². The number of rotatable bonds is 6. The number of halogens is 4. The van der Waals surface area contributed by atoms with Crippen LogP contribution < -0.4 is 5.32 Å². The Bertz CT molecular complexity index is 1060. The van der Waals surface area contributed by atoms with E-state index in [1.54, 1.807) is 17.8 Å². The highest BCUT2D eigenvalue weighted by Gasteiger charge is 2.47. The first kappa shape index (κ1) is 26.1. The molecule has 1 saturated heterocycles. The molecule has 1 fully saturated rings. The van der Waals surface area contributed by atoms with Crippen LogP contribution in [0.2, 0.25) is 5.02 Å². The van der Waals surface area contributed by atoms with Crippen molar-refractivity contribution < 1.29 is 18.0 Å². The summed E-state index contributed by atoms with van der Waals surface area (Å²) in [7, 11) is 1.24. The van der Waals surface area contributed by atoms with Gasteiger partial charge in [-0.1, -0.05) is 31.5 Å². The number of hydrogen-bond acceptors (Lipinski definition) is 4. The van der Waals surface area contributed by atoms with Gasteiger partial charge in [0.15, 0.2) is 6.04 Å². The number of nitrogens with zero attached hydrogens (tertiary/aromatic N) is 2. The summed E-state index contributed by atoms with van der Waals surface area (Å²) in [5.41, 5.74) is 4.15. The van der Waals surface area contributed by atoms with E-state index in [4.69, 9.17) is 11.6 Å². The Balaban J connectivity index is 1.48. The second-order valence-electron chi connectivity index (χ2n) is 9.75. The molecule has 0 bridgehead atoms. The SMILES string of the molecule is CC(C)c1c(Cl)ccc2c1CC(Nc1ccc([C@H](N(C)C(=O)C3CCSCC3)C(F)(F)F)nc1)C2. The first-order valence-electron chi connectivity index (χ1n) is 12.0. The van der Waals surface area contributed by atoms with Crippen LogP contribution in [0.5, 0.6) is 0 Å². The molecule has 4 rings (SSSR count). The molecule has 2 atom stereocenters. The first-order chi connectivity index (χ1) is 16.6. The summed E-state index contributed by atoms with van der Waals surface area (Å²) >= 11 is 8.17. The van der Waals surface area contributed by atoms with Gasteiger partial charge in [-0.3, -0.25) is 9.78 Å². The lowest BCUT2D eigenvalue weighted by molar-refractivity contribution is -0.191. The van der Waals surface area contributed by atoms with Crippen LogP contribution in [0.1, 0.15) is 61.0 Å². The van der Waals surface area contributed by atoms with Crippen molar-refractivity contribution in [3.8, 4) is 0 Å². The van der Waals surface area contributed by atoms with E-state index in [0.29, 0.717) is 24.4 Å². The minimum atomic E-state index is -4.62. The Hall–Kier alpha value is -1.93. The van der Waals surface area contributed by atoms with E-state index in [2.05, 4.69) is 30.2 Å². The van der Waals surface area contributed by atoms with Crippen LogP contribution in [0.15, 0.2) is 30.5 Å². The summed E-state index contributed by atoms with van der Waals surface area (Å²) in [6.45, 7) is 4.24. The summed E-state index contributed by atoms with van der Waals surface area (Å²) < 4.78 is 42.1. The number of benzene rings is 1. The predicted molar refractivity (Wildman–Crippen MR) is 136 cm³/mol. The van der Waals surface area contributed by atoms with Crippen LogP contribution in [0.4, 0.5) is 18.9 Å². The van der Waals surface area contributed by atoms with E-state index in [0.717, 1.165) is 34.3 Å². The van der Waals surface area contributed by atoms with Gasteiger partial charge in [-0.05, 0) is 78.0 Å². The Labute approximate surface area is 214 Å². The summed E-state index contributed by atoms with van der Waals surface area (Å²) in [4.78, 5) is 17.8. The Kier molecular flexibility index (Phi) is 7.91. The fourth-order valence-corrected chi connectivity index (χ4v) is 6.76. The topological polar surface area (TPSA) is 45.2 Å². The lowest BCUT2D eigenvalue weighted by Crippen LogP contribution is -2.43. The van der Waals surface area contributed by atoms with Crippen LogP contribution in [-0.4, -0.2) is 46.6 Å². The highest BCUT2D eigenvalue weighted by atomic mass is 35.5. The molecular weight excluding hydrogens is 495 g/mol.